The third-order valence-corrected chi connectivity index (χ3v) is 7.05. The van der Waals surface area contributed by atoms with Crippen molar-refractivity contribution in [2.45, 2.75) is 127 Å². The number of esters is 1. The van der Waals surface area contributed by atoms with Crippen LogP contribution in [0.3, 0.4) is 0 Å². The molecule has 2 unspecified atom stereocenters. The summed E-state index contributed by atoms with van der Waals surface area (Å²) in [4.78, 5) is 13.0. The van der Waals surface area contributed by atoms with Crippen molar-refractivity contribution < 1.29 is 49.6 Å². The van der Waals surface area contributed by atoms with Gasteiger partial charge in [0.15, 0.2) is 5.76 Å². The minimum absolute atomic E-state index is 0.147. The number of ether oxygens (including phenoxy) is 3. The van der Waals surface area contributed by atoms with Gasteiger partial charge in [-0.2, -0.15) is 0 Å². The van der Waals surface area contributed by atoms with Crippen LogP contribution < -0.4 is 0 Å². The van der Waals surface area contributed by atoms with Gasteiger partial charge in [0.05, 0.1) is 45.2 Å². The van der Waals surface area contributed by atoms with E-state index in [1.165, 1.54) is 38.5 Å². The van der Waals surface area contributed by atoms with Crippen molar-refractivity contribution in [1.82, 2.24) is 0 Å². The van der Waals surface area contributed by atoms with Crippen LogP contribution in [-0.2, 0) is 19.0 Å². The molecule has 224 valence electrons. The van der Waals surface area contributed by atoms with Gasteiger partial charge in [0, 0.05) is 12.8 Å². The lowest BCUT2D eigenvalue weighted by Gasteiger charge is -2.44. The molecule has 0 saturated carbocycles. The van der Waals surface area contributed by atoms with Crippen molar-refractivity contribution in [2.75, 3.05) is 33.0 Å². The molecule has 0 spiro atoms. The molecule has 0 radical (unpaired) electrons. The van der Waals surface area contributed by atoms with E-state index >= 15 is 0 Å². The molecule has 0 bridgehead atoms. The molecule has 0 aliphatic carbocycles. The van der Waals surface area contributed by atoms with E-state index in [1.807, 2.05) is 6.92 Å². The Morgan fingerprint density at radius 2 is 1.32 bits per heavy atom. The first kappa shape index (κ1) is 34.6. The number of carbonyl (C=O) groups excluding carboxylic acids is 1. The van der Waals surface area contributed by atoms with Crippen molar-refractivity contribution >= 4 is 5.97 Å². The number of carbonyl (C=O) groups is 1. The SMILES string of the molecule is CCCCCCCCCCCCOC1=C(OCCCC)[C@@](CC(O)CO)([C@@](O)(CO)CC(O)CO)OC1=O. The summed E-state index contributed by atoms with van der Waals surface area (Å²) in [7, 11) is 0. The van der Waals surface area contributed by atoms with E-state index < -0.39 is 62.0 Å². The number of rotatable bonds is 24. The monoisotopic (exact) mass is 548 g/mol. The molecular weight excluding hydrogens is 496 g/mol. The van der Waals surface area contributed by atoms with Crippen LogP contribution in [0.1, 0.15) is 104 Å². The third kappa shape index (κ3) is 10.3. The van der Waals surface area contributed by atoms with Crippen LogP contribution in [0.15, 0.2) is 11.5 Å². The lowest BCUT2D eigenvalue weighted by Crippen LogP contribution is -2.61. The highest BCUT2D eigenvalue weighted by molar-refractivity contribution is 5.90. The number of hydrogen-bond acceptors (Lipinski definition) is 10. The summed E-state index contributed by atoms with van der Waals surface area (Å²) in [6, 6.07) is 0. The highest BCUT2D eigenvalue weighted by Crippen LogP contribution is 2.47. The second-order valence-electron chi connectivity index (χ2n) is 10.4. The highest BCUT2D eigenvalue weighted by atomic mass is 16.6. The third-order valence-electron chi connectivity index (χ3n) is 7.05. The first-order valence-corrected chi connectivity index (χ1v) is 14.4. The maximum absolute atomic E-state index is 13.0. The fraction of sp³-hybridized carbons (Fsp3) is 0.893. The summed E-state index contributed by atoms with van der Waals surface area (Å²) in [6.07, 6.45) is 8.72. The zero-order chi connectivity index (χ0) is 28.4. The van der Waals surface area contributed by atoms with E-state index in [9.17, 15) is 35.4 Å². The first-order chi connectivity index (χ1) is 18.2. The maximum atomic E-state index is 13.0. The average Bonchev–Trinajstić information content (AvgIpc) is 3.18. The number of cyclic esters (lactones) is 1. The second kappa shape index (κ2) is 18.8. The van der Waals surface area contributed by atoms with Crippen LogP contribution in [0.4, 0.5) is 0 Å². The molecule has 0 aromatic heterocycles. The van der Waals surface area contributed by atoms with Crippen LogP contribution >= 0.6 is 0 Å². The molecule has 1 rings (SSSR count). The van der Waals surface area contributed by atoms with Crippen molar-refractivity contribution in [3.8, 4) is 0 Å². The number of hydrogen-bond donors (Lipinski definition) is 6. The molecule has 10 heteroatoms. The summed E-state index contributed by atoms with van der Waals surface area (Å²) in [5, 5.41) is 60.9. The summed E-state index contributed by atoms with van der Waals surface area (Å²) < 4.78 is 17.3. The Morgan fingerprint density at radius 3 is 1.84 bits per heavy atom. The first-order valence-electron chi connectivity index (χ1n) is 14.4. The average molecular weight is 549 g/mol. The Morgan fingerprint density at radius 1 is 0.789 bits per heavy atom. The van der Waals surface area contributed by atoms with Gasteiger partial charge < -0.3 is 44.8 Å². The molecular formula is C28H52O10. The molecule has 10 nitrogen and oxygen atoms in total. The summed E-state index contributed by atoms with van der Waals surface area (Å²) in [5.74, 6) is -1.37. The van der Waals surface area contributed by atoms with E-state index in [0.29, 0.717) is 12.8 Å². The Bertz CT molecular complexity index is 685. The summed E-state index contributed by atoms with van der Waals surface area (Å²) >= 11 is 0. The van der Waals surface area contributed by atoms with E-state index in [0.717, 1.165) is 25.7 Å². The van der Waals surface area contributed by atoms with Gasteiger partial charge in [-0.3, -0.25) is 0 Å². The van der Waals surface area contributed by atoms with E-state index in [-0.39, 0.29) is 24.7 Å². The largest absolute Gasteiger partial charge is 0.490 e. The smallest absolute Gasteiger partial charge is 0.378 e. The summed E-state index contributed by atoms with van der Waals surface area (Å²) in [6.45, 7) is 2.10. The molecule has 0 amide bonds. The van der Waals surface area contributed by atoms with Gasteiger partial charge in [-0.15, -0.1) is 0 Å². The van der Waals surface area contributed by atoms with Gasteiger partial charge in [-0.1, -0.05) is 78.1 Å². The quantitative estimate of drug-likeness (QED) is 0.0779. The summed E-state index contributed by atoms with van der Waals surface area (Å²) in [5.41, 5.74) is -4.48. The minimum atomic E-state index is -2.34. The van der Waals surface area contributed by atoms with Crippen molar-refractivity contribution in [3.05, 3.63) is 11.5 Å². The molecule has 6 N–H and O–H groups in total. The van der Waals surface area contributed by atoms with Crippen LogP contribution in [0.5, 0.6) is 0 Å². The van der Waals surface area contributed by atoms with E-state index in [2.05, 4.69) is 6.92 Å². The van der Waals surface area contributed by atoms with Crippen molar-refractivity contribution in [3.63, 3.8) is 0 Å². The van der Waals surface area contributed by atoms with Crippen LogP contribution in [0.25, 0.3) is 0 Å². The van der Waals surface area contributed by atoms with Crippen LogP contribution in [-0.4, -0.2) is 93.1 Å². The molecule has 1 aliphatic heterocycles. The zero-order valence-corrected chi connectivity index (χ0v) is 23.4. The van der Waals surface area contributed by atoms with Gasteiger partial charge in [0.2, 0.25) is 11.4 Å². The van der Waals surface area contributed by atoms with Crippen molar-refractivity contribution in [1.29, 1.82) is 0 Å². The normalized spacial score (nSPS) is 20.8. The molecule has 38 heavy (non-hydrogen) atoms. The zero-order valence-electron chi connectivity index (χ0n) is 23.4. The molecule has 1 heterocycles. The highest BCUT2D eigenvalue weighted by Gasteiger charge is 2.64. The fourth-order valence-electron chi connectivity index (χ4n) is 4.75. The Labute approximate surface area is 227 Å². The number of aliphatic hydroxyl groups is 6. The Kier molecular flexibility index (Phi) is 17.1. The minimum Gasteiger partial charge on any atom is -0.490 e. The van der Waals surface area contributed by atoms with Gasteiger partial charge >= 0.3 is 5.97 Å². The maximum Gasteiger partial charge on any atom is 0.378 e. The van der Waals surface area contributed by atoms with Gasteiger partial charge in [0.1, 0.15) is 5.60 Å². The Balaban J connectivity index is 3.02. The Hall–Kier alpha value is -1.43. The molecule has 0 aromatic rings. The predicted molar refractivity (Wildman–Crippen MR) is 142 cm³/mol. The van der Waals surface area contributed by atoms with Gasteiger partial charge in [-0.05, 0) is 12.8 Å². The molecule has 0 fully saturated rings. The van der Waals surface area contributed by atoms with E-state index in [1.54, 1.807) is 0 Å². The fourth-order valence-corrected chi connectivity index (χ4v) is 4.75. The lowest BCUT2D eigenvalue weighted by atomic mass is 9.74. The van der Waals surface area contributed by atoms with Crippen molar-refractivity contribution in [2.24, 2.45) is 0 Å². The molecule has 0 saturated heterocycles. The van der Waals surface area contributed by atoms with Crippen LogP contribution in [0, 0.1) is 0 Å². The van der Waals surface area contributed by atoms with Gasteiger partial charge in [-0.25, -0.2) is 4.79 Å². The topological polar surface area (TPSA) is 166 Å². The molecule has 4 atom stereocenters. The number of unbranched alkanes of at least 4 members (excludes halogenated alkanes) is 10. The predicted octanol–water partition coefficient (Wildman–Crippen LogP) is 2.46. The lowest BCUT2D eigenvalue weighted by molar-refractivity contribution is -0.212. The molecule has 1 aliphatic rings. The van der Waals surface area contributed by atoms with Crippen LogP contribution in [0.2, 0.25) is 0 Å². The van der Waals surface area contributed by atoms with Gasteiger partial charge in [0.25, 0.3) is 0 Å². The van der Waals surface area contributed by atoms with E-state index in [4.69, 9.17) is 14.2 Å². The second-order valence-corrected chi connectivity index (χ2v) is 10.4. The standard InChI is InChI=1S/C28H52O10/c1-3-5-7-8-9-10-11-12-13-14-16-36-24-25(37-15-6-4-2)28(38-26(24)34,18-23(33)20-30)27(35,21-31)17-22(32)19-29/h22-23,29-33,35H,3-21H2,1-2H3/t22?,23?,27-,28-/m0/s1. The number of aliphatic hydroxyl groups excluding tert-OH is 5. The molecule has 0 aromatic carbocycles.